The van der Waals surface area contributed by atoms with Crippen LogP contribution < -0.4 is 10.9 Å². The highest BCUT2D eigenvalue weighted by molar-refractivity contribution is 5.92. The Kier molecular flexibility index (Phi) is 3.67. The fraction of sp³-hybridized carbons (Fsp3) is 0.412. The Morgan fingerprint density at radius 2 is 2.16 bits per heavy atom. The minimum Gasteiger partial charge on any atom is -0.469 e. The van der Waals surface area contributed by atoms with E-state index < -0.39 is 0 Å². The number of aromatic amines is 1. The number of carbonyl (C=O) groups excluding carboxylic acids is 2. The largest absolute Gasteiger partial charge is 0.469 e. The molecule has 2 fully saturated rings. The first kappa shape index (κ1) is 15.6. The molecule has 2 aromatic heterocycles. The van der Waals surface area contributed by atoms with Crippen LogP contribution >= 0.6 is 0 Å². The van der Waals surface area contributed by atoms with Crippen molar-refractivity contribution in [1.82, 2.24) is 20.2 Å². The van der Waals surface area contributed by atoms with Gasteiger partial charge in [0, 0.05) is 37.0 Å². The SMILES string of the molecule is Cc1nc(C(=O)NC2[C@H]3CN(C(=O)Cc4ccco4)C[C@@H]23)cc(=O)[nH]1. The molecule has 3 atom stereocenters. The van der Waals surface area contributed by atoms with Crippen LogP contribution in [0, 0.1) is 18.8 Å². The van der Waals surface area contributed by atoms with Gasteiger partial charge in [0.2, 0.25) is 5.91 Å². The van der Waals surface area contributed by atoms with E-state index in [0.29, 0.717) is 24.7 Å². The monoisotopic (exact) mass is 342 g/mol. The number of furan rings is 1. The van der Waals surface area contributed by atoms with E-state index in [1.165, 1.54) is 6.07 Å². The molecule has 25 heavy (non-hydrogen) atoms. The molecule has 2 aliphatic rings. The van der Waals surface area contributed by atoms with Crippen molar-refractivity contribution < 1.29 is 14.0 Å². The second kappa shape index (κ2) is 5.87. The van der Waals surface area contributed by atoms with Gasteiger partial charge in [-0.2, -0.15) is 0 Å². The zero-order valence-electron chi connectivity index (χ0n) is 13.7. The molecule has 0 bridgehead atoms. The molecule has 2 aromatic rings. The number of likely N-dealkylation sites (tertiary alicyclic amines) is 1. The Morgan fingerprint density at radius 3 is 2.80 bits per heavy atom. The Balaban J connectivity index is 1.31. The fourth-order valence-corrected chi connectivity index (χ4v) is 3.54. The lowest BCUT2D eigenvalue weighted by Gasteiger charge is -2.19. The molecule has 3 heterocycles. The van der Waals surface area contributed by atoms with E-state index in [-0.39, 0.29) is 47.4 Å². The van der Waals surface area contributed by atoms with Crippen molar-refractivity contribution in [2.24, 2.45) is 11.8 Å². The zero-order chi connectivity index (χ0) is 17.6. The molecular weight excluding hydrogens is 324 g/mol. The number of aromatic nitrogens is 2. The summed E-state index contributed by atoms with van der Waals surface area (Å²) in [4.78, 5) is 44.3. The van der Waals surface area contributed by atoms with Gasteiger partial charge < -0.3 is 19.6 Å². The summed E-state index contributed by atoms with van der Waals surface area (Å²) in [6, 6.07) is 4.79. The van der Waals surface area contributed by atoms with E-state index in [1.807, 2.05) is 4.90 Å². The Bertz CT molecular complexity index is 861. The Labute approximate surface area is 143 Å². The first-order valence-corrected chi connectivity index (χ1v) is 8.20. The summed E-state index contributed by atoms with van der Waals surface area (Å²) in [5.74, 6) is 1.30. The van der Waals surface area contributed by atoms with Gasteiger partial charge in [0.05, 0.1) is 12.7 Å². The summed E-state index contributed by atoms with van der Waals surface area (Å²) in [6.45, 7) is 2.90. The van der Waals surface area contributed by atoms with Crippen LogP contribution in [0.4, 0.5) is 0 Å². The number of rotatable bonds is 4. The lowest BCUT2D eigenvalue weighted by atomic mass is 10.2. The number of nitrogens with zero attached hydrogens (tertiary/aromatic N) is 2. The Hall–Kier alpha value is -2.90. The minimum atomic E-state index is -0.345. The highest BCUT2D eigenvalue weighted by Crippen LogP contribution is 2.45. The highest BCUT2D eigenvalue weighted by Gasteiger charge is 2.57. The van der Waals surface area contributed by atoms with Gasteiger partial charge in [-0.3, -0.25) is 14.4 Å². The van der Waals surface area contributed by atoms with Crippen LogP contribution in [-0.2, 0) is 11.2 Å². The van der Waals surface area contributed by atoms with Crippen LogP contribution in [-0.4, -0.2) is 45.8 Å². The summed E-state index contributed by atoms with van der Waals surface area (Å²) in [7, 11) is 0. The van der Waals surface area contributed by atoms with E-state index >= 15 is 0 Å². The van der Waals surface area contributed by atoms with E-state index in [9.17, 15) is 14.4 Å². The summed E-state index contributed by atoms with van der Waals surface area (Å²) in [5, 5.41) is 2.92. The third kappa shape index (κ3) is 3.07. The molecule has 0 radical (unpaired) electrons. The van der Waals surface area contributed by atoms with Crippen molar-refractivity contribution in [3.8, 4) is 0 Å². The second-order valence-electron chi connectivity index (χ2n) is 6.60. The smallest absolute Gasteiger partial charge is 0.270 e. The third-order valence-electron chi connectivity index (χ3n) is 4.84. The van der Waals surface area contributed by atoms with Gasteiger partial charge in [-0.05, 0) is 19.1 Å². The molecule has 2 amide bonds. The topological polar surface area (TPSA) is 108 Å². The molecule has 1 aliphatic carbocycles. The van der Waals surface area contributed by atoms with Crippen LogP contribution in [0.2, 0.25) is 0 Å². The van der Waals surface area contributed by atoms with Crippen LogP contribution in [0.5, 0.6) is 0 Å². The van der Waals surface area contributed by atoms with Crippen LogP contribution in [0.15, 0.2) is 33.7 Å². The predicted molar refractivity (Wildman–Crippen MR) is 86.8 cm³/mol. The van der Waals surface area contributed by atoms with E-state index in [0.717, 1.165) is 0 Å². The highest BCUT2D eigenvalue weighted by atomic mass is 16.3. The summed E-state index contributed by atoms with van der Waals surface area (Å²) < 4.78 is 5.20. The van der Waals surface area contributed by atoms with Gasteiger partial charge in [-0.15, -0.1) is 0 Å². The van der Waals surface area contributed by atoms with Gasteiger partial charge in [0.25, 0.3) is 11.5 Å². The van der Waals surface area contributed by atoms with Crippen molar-refractivity contribution >= 4 is 11.8 Å². The van der Waals surface area contributed by atoms with Crippen molar-refractivity contribution in [2.75, 3.05) is 13.1 Å². The molecule has 1 saturated carbocycles. The number of aryl methyl sites for hydroxylation is 1. The third-order valence-corrected chi connectivity index (χ3v) is 4.84. The molecule has 8 heteroatoms. The molecule has 8 nitrogen and oxygen atoms in total. The van der Waals surface area contributed by atoms with E-state index in [4.69, 9.17) is 4.42 Å². The van der Waals surface area contributed by atoms with Crippen LogP contribution in [0.25, 0.3) is 0 Å². The molecular formula is C17H18N4O4. The lowest BCUT2D eigenvalue weighted by Crippen LogP contribution is -2.38. The van der Waals surface area contributed by atoms with Crippen molar-refractivity contribution in [1.29, 1.82) is 0 Å². The number of carbonyl (C=O) groups is 2. The standard InChI is InChI=1S/C17H18N4O4/c1-9-18-13(6-14(22)19-9)17(24)20-16-11-7-21(8-12(11)16)15(23)5-10-3-2-4-25-10/h2-4,6,11-12,16H,5,7-8H2,1H3,(H,20,24)(H,18,19,22)/t11-,12+,16?. The number of amides is 2. The number of H-pyrrole nitrogens is 1. The first-order valence-electron chi connectivity index (χ1n) is 8.20. The van der Waals surface area contributed by atoms with Gasteiger partial charge in [0.1, 0.15) is 17.3 Å². The lowest BCUT2D eigenvalue weighted by molar-refractivity contribution is -0.130. The van der Waals surface area contributed by atoms with Gasteiger partial charge >= 0.3 is 0 Å². The first-order chi connectivity index (χ1) is 12.0. The van der Waals surface area contributed by atoms with E-state index in [2.05, 4.69) is 15.3 Å². The number of hydrogen-bond donors (Lipinski definition) is 2. The zero-order valence-corrected chi connectivity index (χ0v) is 13.7. The maximum Gasteiger partial charge on any atom is 0.270 e. The van der Waals surface area contributed by atoms with Gasteiger partial charge in [0.15, 0.2) is 0 Å². The molecule has 0 aromatic carbocycles. The molecule has 1 unspecified atom stereocenters. The minimum absolute atomic E-state index is 0.0408. The molecule has 1 aliphatic heterocycles. The van der Waals surface area contributed by atoms with Gasteiger partial charge in [-0.25, -0.2) is 4.98 Å². The predicted octanol–water partition coefficient (Wildman–Crippen LogP) is 0.101. The summed E-state index contributed by atoms with van der Waals surface area (Å²) in [6.07, 6.45) is 1.82. The number of nitrogens with one attached hydrogen (secondary N) is 2. The quantitative estimate of drug-likeness (QED) is 0.819. The molecule has 4 rings (SSSR count). The molecule has 2 N–H and O–H groups in total. The summed E-state index contributed by atoms with van der Waals surface area (Å²) in [5.41, 5.74) is -0.222. The Morgan fingerprint density at radius 1 is 1.40 bits per heavy atom. The normalized spacial score (nSPS) is 24.0. The van der Waals surface area contributed by atoms with Crippen molar-refractivity contribution in [2.45, 2.75) is 19.4 Å². The van der Waals surface area contributed by atoms with Crippen molar-refractivity contribution in [3.05, 3.63) is 52.1 Å². The average molecular weight is 342 g/mol. The fourth-order valence-electron chi connectivity index (χ4n) is 3.54. The second-order valence-corrected chi connectivity index (χ2v) is 6.60. The maximum atomic E-state index is 12.2. The maximum absolute atomic E-state index is 12.2. The van der Waals surface area contributed by atoms with Gasteiger partial charge in [-0.1, -0.05) is 0 Å². The summed E-state index contributed by atoms with van der Waals surface area (Å²) >= 11 is 0. The molecule has 130 valence electrons. The number of piperidine rings is 1. The van der Waals surface area contributed by atoms with Crippen LogP contribution in [0.1, 0.15) is 22.1 Å². The van der Waals surface area contributed by atoms with E-state index in [1.54, 1.807) is 25.3 Å². The average Bonchev–Trinajstić information content (AvgIpc) is 2.99. The number of hydrogen-bond acceptors (Lipinski definition) is 5. The van der Waals surface area contributed by atoms with Crippen molar-refractivity contribution in [3.63, 3.8) is 0 Å². The van der Waals surface area contributed by atoms with Crippen LogP contribution in [0.3, 0.4) is 0 Å². The number of fused-ring (bicyclic) bond motifs is 1. The molecule has 1 saturated heterocycles. The molecule has 0 spiro atoms.